The Labute approximate surface area is 92.4 Å². The van der Waals surface area contributed by atoms with Crippen molar-refractivity contribution in [2.45, 2.75) is 12.2 Å². The van der Waals surface area contributed by atoms with E-state index in [4.69, 9.17) is 10.8 Å². The molecule has 0 saturated heterocycles. The molecular formula is C8H11N3O4S. The number of rotatable bonds is 4. The van der Waals surface area contributed by atoms with E-state index in [0.717, 1.165) is 6.92 Å². The van der Waals surface area contributed by atoms with Crippen molar-refractivity contribution >= 4 is 27.5 Å². The number of anilines is 2. The van der Waals surface area contributed by atoms with E-state index in [-0.39, 0.29) is 11.5 Å². The van der Waals surface area contributed by atoms with Crippen LogP contribution in [0.25, 0.3) is 0 Å². The number of nitrogens with one attached hydrogen (secondary N) is 1. The number of pyridine rings is 1. The van der Waals surface area contributed by atoms with Gasteiger partial charge in [0.15, 0.2) is 5.25 Å². The van der Waals surface area contributed by atoms with Crippen LogP contribution in [0.5, 0.6) is 0 Å². The maximum Gasteiger partial charge on any atom is 0.323 e. The molecule has 0 aliphatic rings. The van der Waals surface area contributed by atoms with Crippen molar-refractivity contribution in [3.05, 3.63) is 18.3 Å². The van der Waals surface area contributed by atoms with Gasteiger partial charge in [-0.25, -0.2) is 13.4 Å². The SMILES string of the molecule is CC(C(=O)O)S(=O)(=O)Nc1ccc(N)nc1. The zero-order chi connectivity index (χ0) is 12.3. The van der Waals surface area contributed by atoms with Crippen molar-refractivity contribution in [2.24, 2.45) is 0 Å². The van der Waals surface area contributed by atoms with Crippen molar-refractivity contribution in [3.8, 4) is 0 Å². The van der Waals surface area contributed by atoms with Crippen LogP contribution < -0.4 is 10.5 Å². The lowest BCUT2D eigenvalue weighted by Crippen LogP contribution is -2.32. The van der Waals surface area contributed by atoms with E-state index in [2.05, 4.69) is 9.71 Å². The summed E-state index contributed by atoms with van der Waals surface area (Å²) in [6.45, 7) is 1.08. The van der Waals surface area contributed by atoms with Crippen LogP contribution in [0.2, 0.25) is 0 Å². The first-order valence-corrected chi connectivity index (χ1v) is 5.83. The van der Waals surface area contributed by atoms with Crippen molar-refractivity contribution in [2.75, 3.05) is 10.5 Å². The molecule has 0 aliphatic heterocycles. The number of aliphatic carboxylic acids is 1. The fraction of sp³-hybridized carbons (Fsp3) is 0.250. The summed E-state index contributed by atoms with van der Waals surface area (Å²) in [5, 5.41) is 7.05. The summed E-state index contributed by atoms with van der Waals surface area (Å²) in [4.78, 5) is 14.2. The van der Waals surface area contributed by atoms with Crippen molar-refractivity contribution < 1.29 is 18.3 Å². The number of nitrogen functional groups attached to an aromatic ring is 1. The summed E-state index contributed by atoms with van der Waals surface area (Å²) in [6, 6.07) is 2.80. The molecular weight excluding hydrogens is 234 g/mol. The van der Waals surface area contributed by atoms with Gasteiger partial charge in [-0.15, -0.1) is 0 Å². The minimum absolute atomic E-state index is 0.169. The average Bonchev–Trinajstić information content (AvgIpc) is 2.20. The number of hydrogen-bond acceptors (Lipinski definition) is 5. The molecule has 1 aromatic heterocycles. The van der Waals surface area contributed by atoms with E-state index >= 15 is 0 Å². The number of sulfonamides is 1. The smallest absolute Gasteiger partial charge is 0.323 e. The van der Waals surface area contributed by atoms with Crippen LogP contribution in [-0.2, 0) is 14.8 Å². The minimum Gasteiger partial charge on any atom is -0.480 e. The molecule has 0 bridgehead atoms. The second kappa shape index (κ2) is 4.35. The van der Waals surface area contributed by atoms with Gasteiger partial charge >= 0.3 is 5.97 Å². The number of carboxylic acid groups (broad SMARTS) is 1. The number of carboxylic acids is 1. The number of nitrogens with two attached hydrogens (primary N) is 1. The minimum atomic E-state index is -3.96. The van der Waals surface area contributed by atoms with Crippen LogP contribution in [0.15, 0.2) is 18.3 Å². The molecule has 0 amide bonds. The molecule has 0 radical (unpaired) electrons. The quantitative estimate of drug-likeness (QED) is 0.679. The zero-order valence-corrected chi connectivity index (χ0v) is 9.23. The summed E-state index contributed by atoms with van der Waals surface area (Å²) < 4.78 is 25.1. The van der Waals surface area contributed by atoms with Gasteiger partial charge in [-0.05, 0) is 19.1 Å². The molecule has 0 spiro atoms. The van der Waals surface area contributed by atoms with E-state index in [0.29, 0.717) is 0 Å². The van der Waals surface area contributed by atoms with Gasteiger partial charge in [0.05, 0.1) is 11.9 Å². The molecule has 1 heterocycles. The lowest BCUT2D eigenvalue weighted by Gasteiger charge is -2.10. The molecule has 4 N–H and O–H groups in total. The van der Waals surface area contributed by atoms with Crippen LogP contribution in [-0.4, -0.2) is 29.7 Å². The highest BCUT2D eigenvalue weighted by molar-refractivity contribution is 7.94. The monoisotopic (exact) mass is 245 g/mol. The first-order valence-electron chi connectivity index (χ1n) is 4.29. The molecule has 1 atom stereocenters. The van der Waals surface area contributed by atoms with Crippen molar-refractivity contribution in [1.82, 2.24) is 4.98 Å². The Morgan fingerprint density at radius 1 is 1.56 bits per heavy atom. The van der Waals surface area contributed by atoms with Crippen LogP contribution in [0.4, 0.5) is 11.5 Å². The Hall–Kier alpha value is -1.83. The van der Waals surface area contributed by atoms with E-state index in [1.807, 2.05) is 0 Å². The lowest BCUT2D eigenvalue weighted by molar-refractivity contribution is -0.136. The van der Waals surface area contributed by atoms with Gasteiger partial charge in [0, 0.05) is 0 Å². The molecule has 1 rings (SSSR count). The van der Waals surface area contributed by atoms with Gasteiger partial charge in [-0.2, -0.15) is 0 Å². The molecule has 7 nitrogen and oxygen atoms in total. The first-order chi connectivity index (χ1) is 7.33. The molecule has 16 heavy (non-hydrogen) atoms. The van der Waals surface area contributed by atoms with Crippen LogP contribution in [0, 0.1) is 0 Å². The fourth-order valence-corrected chi connectivity index (χ4v) is 1.74. The fourth-order valence-electron chi connectivity index (χ4n) is 0.851. The normalized spacial score (nSPS) is 13.1. The van der Waals surface area contributed by atoms with Crippen LogP contribution >= 0.6 is 0 Å². The molecule has 8 heteroatoms. The van der Waals surface area contributed by atoms with Crippen molar-refractivity contribution in [1.29, 1.82) is 0 Å². The molecule has 0 aliphatic carbocycles. The Morgan fingerprint density at radius 3 is 2.62 bits per heavy atom. The highest BCUT2D eigenvalue weighted by Crippen LogP contribution is 2.11. The largest absolute Gasteiger partial charge is 0.480 e. The Bertz CT molecular complexity index is 483. The highest BCUT2D eigenvalue weighted by atomic mass is 32.2. The van der Waals surface area contributed by atoms with E-state index in [1.165, 1.54) is 18.3 Å². The van der Waals surface area contributed by atoms with E-state index in [1.54, 1.807) is 0 Å². The molecule has 0 fully saturated rings. The maximum absolute atomic E-state index is 11.5. The Morgan fingerprint density at radius 2 is 2.19 bits per heavy atom. The summed E-state index contributed by atoms with van der Waals surface area (Å²) in [6.07, 6.45) is 1.21. The Balaban J connectivity index is 2.89. The van der Waals surface area contributed by atoms with E-state index < -0.39 is 21.2 Å². The third-order valence-electron chi connectivity index (χ3n) is 1.86. The van der Waals surface area contributed by atoms with Gasteiger partial charge in [-0.3, -0.25) is 9.52 Å². The third-order valence-corrected chi connectivity index (χ3v) is 3.51. The predicted molar refractivity (Wildman–Crippen MR) is 58.3 cm³/mol. The number of carbonyl (C=O) groups is 1. The second-order valence-electron chi connectivity index (χ2n) is 3.10. The average molecular weight is 245 g/mol. The van der Waals surface area contributed by atoms with Crippen LogP contribution in [0.1, 0.15) is 6.92 Å². The summed E-state index contributed by atoms with van der Waals surface area (Å²) in [5.74, 6) is -1.18. The molecule has 1 unspecified atom stereocenters. The second-order valence-corrected chi connectivity index (χ2v) is 5.10. The molecule has 1 aromatic rings. The van der Waals surface area contributed by atoms with Gasteiger partial charge in [-0.1, -0.05) is 0 Å². The number of nitrogens with zero attached hydrogens (tertiary/aromatic N) is 1. The summed E-state index contributed by atoms with van der Waals surface area (Å²) in [7, 11) is -3.96. The number of aromatic nitrogens is 1. The van der Waals surface area contributed by atoms with Crippen LogP contribution in [0.3, 0.4) is 0 Å². The van der Waals surface area contributed by atoms with Gasteiger partial charge in [0.2, 0.25) is 10.0 Å². The number of hydrogen-bond donors (Lipinski definition) is 3. The van der Waals surface area contributed by atoms with Crippen molar-refractivity contribution in [3.63, 3.8) is 0 Å². The Kier molecular flexibility index (Phi) is 3.33. The molecule has 0 aromatic carbocycles. The maximum atomic E-state index is 11.5. The highest BCUT2D eigenvalue weighted by Gasteiger charge is 2.27. The van der Waals surface area contributed by atoms with Gasteiger partial charge in [0.25, 0.3) is 0 Å². The summed E-state index contributed by atoms with van der Waals surface area (Å²) >= 11 is 0. The molecule has 0 saturated carbocycles. The predicted octanol–water partition coefficient (Wildman–Crippen LogP) is -0.121. The summed E-state index contributed by atoms with van der Waals surface area (Å²) in [5.41, 5.74) is 5.48. The topological polar surface area (TPSA) is 122 Å². The van der Waals surface area contributed by atoms with Gasteiger partial charge < -0.3 is 10.8 Å². The third kappa shape index (κ3) is 2.83. The lowest BCUT2D eigenvalue weighted by atomic mass is 10.4. The zero-order valence-electron chi connectivity index (χ0n) is 8.41. The van der Waals surface area contributed by atoms with E-state index in [9.17, 15) is 13.2 Å². The standard InChI is InChI=1S/C8H11N3O4S/c1-5(8(12)13)16(14,15)11-6-2-3-7(9)10-4-6/h2-5,11H,1H3,(H2,9,10)(H,12,13). The first kappa shape index (κ1) is 12.2. The van der Waals surface area contributed by atoms with Gasteiger partial charge in [0.1, 0.15) is 5.82 Å². The molecule has 88 valence electrons.